The van der Waals surface area contributed by atoms with E-state index in [9.17, 15) is 0 Å². The van der Waals surface area contributed by atoms with Crippen LogP contribution in [0.4, 0.5) is 0 Å². The van der Waals surface area contributed by atoms with E-state index in [1.54, 1.807) is 0 Å². The van der Waals surface area contributed by atoms with Gasteiger partial charge in [-0.05, 0) is 36.3 Å². The van der Waals surface area contributed by atoms with E-state index in [2.05, 4.69) is 70.0 Å². The van der Waals surface area contributed by atoms with Gasteiger partial charge in [-0.25, -0.2) is 0 Å². The first-order chi connectivity index (χ1) is 7.17. The molecule has 0 saturated carbocycles. The van der Waals surface area contributed by atoms with Crippen molar-refractivity contribution in [2.45, 2.75) is 26.7 Å². The lowest BCUT2D eigenvalue weighted by Crippen LogP contribution is -2.27. The molecule has 0 aliphatic carbocycles. The molecule has 0 fully saturated rings. The lowest BCUT2D eigenvalue weighted by Gasteiger charge is -2.29. The van der Waals surface area contributed by atoms with Gasteiger partial charge in [-0.1, -0.05) is 63.0 Å². The highest BCUT2D eigenvalue weighted by Crippen LogP contribution is 2.32. The van der Waals surface area contributed by atoms with Crippen molar-refractivity contribution >= 4 is 31.9 Å². The first-order valence-electron chi connectivity index (χ1n) is 5.34. The van der Waals surface area contributed by atoms with Crippen LogP contribution in [0.5, 0.6) is 0 Å². The molecule has 0 N–H and O–H groups in total. The van der Waals surface area contributed by atoms with Crippen LogP contribution in [0.1, 0.15) is 24.5 Å². The molecule has 1 rings (SSSR count). The van der Waals surface area contributed by atoms with Gasteiger partial charge in [0.15, 0.2) is 0 Å². The van der Waals surface area contributed by atoms with Gasteiger partial charge in [0.1, 0.15) is 0 Å². The molecular formula is C13H18Br2. The highest BCUT2D eigenvalue weighted by atomic mass is 79.9. The van der Waals surface area contributed by atoms with Crippen molar-refractivity contribution in [1.82, 2.24) is 0 Å². The maximum Gasteiger partial charge on any atom is 0.00990 e. The molecule has 0 heterocycles. The monoisotopic (exact) mass is 332 g/mol. The molecule has 0 aliphatic rings. The summed E-state index contributed by atoms with van der Waals surface area (Å²) in [6.45, 7) is 4.46. The average Bonchev–Trinajstić information content (AvgIpc) is 2.29. The van der Waals surface area contributed by atoms with Crippen LogP contribution in [-0.4, -0.2) is 10.7 Å². The second-order valence-corrected chi connectivity index (χ2v) is 5.35. The van der Waals surface area contributed by atoms with Gasteiger partial charge in [0.05, 0.1) is 0 Å². The second kappa shape index (κ2) is 6.05. The Kier molecular flexibility index (Phi) is 5.34. The lowest BCUT2D eigenvalue weighted by atomic mass is 9.82. The van der Waals surface area contributed by atoms with Crippen molar-refractivity contribution in [2.24, 2.45) is 5.41 Å². The van der Waals surface area contributed by atoms with Crippen molar-refractivity contribution in [2.75, 3.05) is 10.7 Å². The van der Waals surface area contributed by atoms with Crippen molar-refractivity contribution in [3.8, 4) is 0 Å². The molecule has 0 bridgehead atoms. The summed E-state index contributed by atoms with van der Waals surface area (Å²) in [6.07, 6.45) is 2.34. The molecule has 0 saturated heterocycles. The number of alkyl halides is 2. The lowest BCUT2D eigenvalue weighted by molar-refractivity contribution is 0.373. The minimum atomic E-state index is 0.353. The fourth-order valence-electron chi connectivity index (χ4n) is 1.66. The van der Waals surface area contributed by atoms with E-state index >= 15 is 0 Å². The standard InChI is InChI=1S/C13H18Br2/c1-3-13(9-14,10-15)8-12-7-5-4-6-11(12)2/h4-7H,3,8-10H2,1-2H3. The summed E-state index contributed by atoms with van der Waals surface area (Å²) < 4.78 is 0. The Morgan fingerprint density at radius 1 is 1.13 bits per heavy atom. The Morgan fingerprint density at radius 3 is 2.20 bits per heavy atom. The topological polar surface area (TPSA) is 0 Å². The minimum absolute atomic E-state index is 0.353. The van der Waals surface area contributed by atoms with Crippen molar-refractivity contribution in [1.29, 1.82) is 0 Å². The number of hydrogen-bond acceptors (Lipinski definition) is 0. The third-order valence-corrected chi connectivity index (χ3v) is 5.52. The minimum Gasteiger partial charge on any atom is -0.0922 e. The molecule has 84 valence electrons. The van der Waals surface area contributed by atoms with Gasteiger partial charge in [-0.15, -0.1) is 0 Å². The summed E-state index contributed by atoms with van der Waals surface area (Å²) >= 11 is 7.29. The zero-order valence-corrected chi connectivity index (χ0v) is 12.6. The van der Waals surface area contributed by atoms with Crippen molar-refractivity contribution < 1.29 is 0 Å². The third-order valence-electron chi connectivity index (χ3n) is 3.14. The van der Waals surface area contributed by atoms with E-state index in [1.807, 2.05) is 0 Å². The maximum atomic E-state index is 3.65. The van der Waals surface area contributed by atoms with Crippen LogP contribution in [0.15, 0.2) is 24.3 Å². The van der Waals surface area contributed by atoms with Gasteiger partial charge in [-0.2, -0.15) is 0 Å². The SMILES string of the molecule is CCC(CBr)(CBr)Cc1ccccc1C. The summed E-state index contributed by atoms with van der Waals surface area (Å²) in [5.74, 6) is 0. The van der Waals surface area contributed by atoms with Crippen LogP contribution in [0.25, 0.3) is 0 Å². The van der Waals surface area contributed by atoms with Gasteiger partial charge in [-0.3, -0.25) is 0 Å². The first-order valence-corrected chi connectivity index (χ1v) is 7.58. The van der Waals surface area contributed by atoms with Gasteiger partial charge in [0.2, 0.25) is 0 Å². The molecule has 0 aromatic heterocycles. The fraction of sp³-hybridized carbons (Fsp3) is 0.538. The summed E-state index contributed by atoms with van der Waals surface area (Å²) in [5.41, 5.74) is 3.22. The number of hydrogen-bond donors (Lipinski definition) is 0. The molecule has 1 aromatic carbocycles. The second-order valence-electron chi connectivity index (χ2n) is 4.22. The molecule has 0 amide bonds. The fourth-order valence-corrected chi connectivity index (χ4v) is 3.77. The molecule has 15 heavy (non-hydrogen) atoms. The summed E-state index contributed by atoms with van der Waals surface area (Å²) in [5, 5.41) is 2.10. The van der Waals surface area contributed by atoms with Crippen LogP contribution in [-0.2, 0) is 6.42 Å². The molecule has 0 nitrogen and oxygen atoms in total. The Hall–Kier alpha value is 0.180. The largest absolute Gasteiger partial charge is 0.0922 e. The molecule has 0 aliphatic heterocycles. The number of benzene rings is 1. The zero-order valence-electron chi connectivity index (χ0n) is 9.39. The highest BCUT2D eigenvalue weighted by Gasteiger charge is 2.26. The predicted molar refractivity (Wildman–Crippen MR) is 75.2 cm³/mol. The van der Waals surface area contributed by atoms with E-state index in [0.29, 0.717) is 5.41 Å². The molecular weight excluding hydrogens is 316 g/mol. The molecule has 0 radical (unpaired) electrons. The van der Waals surface area contributed by atoms with Gasteiger partial charge in [0, 0.05) is 10.7 Å². The smallest absolute Gasteiger partial charge is 0.00990 e. The first kappa shape index (κ1) is 13.2. The zero-order chi connectivity index (χ0) is 11.3. The summed E-state index contributed by atoms with van der Waals surface area (Å²) in [6, 6.07) is 8.67. The molecule has 0 spiro atoms. The summed E-state index contributed by atoms with van der Waals surface area (Å²) in [4.78, 5) is 0. The number of rotatable bonds is 5. The number of aryl methyl sites for hydroxylation is 1. The molecule has 1 aromatic rings. The molecule has 0 atom stereocenters. The van der Waals surface area contributed by atoms with Crippen LogP contribution in [0.3, 0.4) is 0 Å². The predicted octanol–water partition coefficient (Wildman–Crippen LogP) is 4.72. The highest BCUT2D eigenvalue weighted by molar-refractivity contribution is 9.09. The maximum absolute atomic E-state index is 3.65. The van der Waals surface area contributed by atoms with Crippen LogP contribution < -0.4 is 0 Å². The quantitative estimate of drug-likeness (QED) is 0.684. The third kappa shape index (κ3) is 3.32. The van der Waals surface area contributed by atoms with E-state index in [0.717, 1.165) is 17.1 Å². The molecule has 0 unspecified atom stereocenters. The van der Waals surface area contributed by atoms with E-state index in [-0.39, 0.29) is 0 Å². The van der Waals surface area contributed by atoms with Gasteiger partial charge < -0.3 is 0 Å². The molecule has 2 heteroatoms. The van der Waals surface area contributed by atoms with Crippen LogP contribution in [0, 0.1) is 12.3 Å². The average molecular weight is 334 g/mol. The van der Waals surface area contributed by atoms with E-state index in [4.69, 9.17) is 0 Å². The normalized spacial score (nSPS) is 11.7. The van der Waals surface area contributed by atoms with Gasteiger partial charge >= 0.3 is 0 Å². The number of halogens is 2. The Morgan fingerprint density at radius 2 is 1.73 bits per heavy atom. The Balaban J connectivity index is 2.88. The van der Waals surface area contributed by atoms with Gasteiger partial charge in [0.25, 0.3) is 0 Å². The Bertz CT molecular complexity index is 295. The van der Waals surface area contributed by atoms with Crippen LogP contribution >= 0.6 is 31.9 Å². The van der Waals surface area contributed by atoms with E-state index in [1.165, 1.54) is 17.5 Å². The van der Waals surface area contributed by atoms with E-state index < -0.39 is 0 Å². The van der Waals surface area contributed by atoms with Crippen molar-refractivity contribution in [3.63, 3.8) is 0 Å². The van der Waals surface area contributed by atoms with Crippen molar-refractivity contribution in [3.05, 3.63) is 35.4 Å². The summed E-state index contributed by atoms with van der Waals surface area (Å²) in [7, 11) is 0. The Labute approximate surface area is 110 Å². The van der Waals surface area contributed by atoms with Crippen LogP contribution in [0.2, 0.25) is 0 Å².